The normalized spacial score (nSPS) is 14.9. The summed E-state index contributed by atoms with van der Waals surface area (Å²) < 4.78 is 6.75. The molecule has 1 aliphatic heterocycles. The number of carbonyl (C=O) groups is 1. The van der Waals surface area contributed by atoms with Crippen LogP contribution in [0.15, 0.2) is 40.9 Å². The number of likely N-dealkylation sites (N-methyl/N-ethyl adjacent to an activating group) is 1. The summed E-state index contributed by atoms with van der Waals surface area (Å²) in [5.74, 6) is 0.764. The SMILES string of the molecule is CN(C(=O)COc1ccc2cc(Br)ccc2c1)C1CCNCC1.Cl. The Morgan fingerprint density at radius 1 is 1.21 bits per heavy atom. The van der Waals surface area contributed by atoms with Gasteiger partial charge in [-0.05, 0) is 61.0 Å². The van der Waals surface area contributed by atoms with Crippen LogP contribution in [0.1, 0.15) is 12.8 Å². The number of amides is 1. The molecule has 24 heavy (non-hydrogen) atoms. The number of hydrogen-bond donors (Lipinski definition) is 1. The van der Waals surface area contributed by atoms with Crippen LogP contribution < -0.4 is 10.1 Å². The van der Waals surface area contributed by atoms with Crippen molar-refractivity contribution in [2.45, 2.75) is 18.9 Å². The fraction of sp³-hybridized carbons (Fsp3) is 0.389. The van der Waals surface area contributed by atoms with Crippen molar-refractivity contribution in [1.29, 1.82) is 0 Å². The van der Waals surface area contributed by atoms with Gasteiger partial charge in [0, 0.05) is 17.6 Å². The number of carbonyl (C=O) groups excluding carboxylic acids is 1. The van der Waals surface area contributed by atoms with E-state index in [2.05, 4.69) is 27.3 Å². The molecule has 0 unspecified atom stereocenters. The van der Waals surface area contributed by atoms with Crippen molar-refractivity contribution < 1.29 is 9.53 Å². The summed E-state index contributed by atoms with van der Waals surface area (Å²) in [4.78, 5) is 14.1. The highest BCUT2D eigenvalue weighted by Crippen LogP contribution is 2.24. The molecule has 2 aromatic rings. The molecule has 6 heteroatoms. The van der Waals surface area contributed by atoms with E-state index in [1.54, 1.807) is 0 Å². The van der Waals surface area contributed by atoms with Gasteiger partial charge in [-0.3, -0.25) is 4.79 Å². The largest absolute Gasteiger partial charge is 0.484 e. The Morgan fingerprint density at radius 2 is 1.88 bits per heavy atom. The zero-order chi connectivity index (χ0) is 16.2. The average Bonchev–Trinajstić information content (AvgIpc) is 2.59. The predicted molar refractivity (Wildman–Crippen MR) is 103 cm³/mol. The summed E-state index contributed by atoms with van der Waals surface area (Å²) in [5.41, 5.74) is 0. The number of hydrogen-bond acceptors (Lipinski definition) is 3. The molecule has 1 fully saturated rings. The minimum atomic E-state index is 0. The molecule has 0 spiro atoms. The van der Waals surface area contributed by atoms with Gasteiger partial charge in [0.25, 0.3) is 5.91 Å². The van der Waals surface area contributed by atoms with Crippen molar-refractivity contribution in [3.05, 3.63) is 40.9 Å². The number of nitrogens with zero attached hydrogens (tertiary/aromatic N) is 1. The quantitative estimate of drug-likeness (QED) is 0.832. The molecule has 1 N–H and O–H groups in total. The van der Waals surface area contributed by atoms with Gasteiger partial charge in [0.2, 0.25) is 0 Å². The van der Waals surface area contributed by atoms with Crippen LogP contribution in [0.25, 0.3) is 10.8 Å². The van der Waals surface area contributed by atoms with Crippen LogP contribution in [0.5, 0.6) is 5.75 Å². The molecule has 1 saturated heterocycles. The maximum atomic E-state index is 12.3. The van der Waals surface area contributed by atoms with E-state index in [4.69, 9.17) is 4.74 Å². The van der Waals surface area contributed by atoms with Crippen LogP contribution in [0.4, 0.5) is 0 Å². The van der Waals surface area contributed by atoms with Crippen molar-refractivity contribution in [3.8, 4) is 5.75 Å². The van der Waals surface area contributed by atoms with E-state index in [0.717, 1.165) is 46.9 Å². The second-order valence-electron chi connectivity index (χ2n) is 5.93. The smallest absolute Gasteiger partial charge is 0.260 e. The Bertz CT molecular complexity index is 704. The summed E-state index contributed by atoms with van der Waals surface area (Å²) in [7, 11) is 1.87. The van der Waals surface area contributed by atoms with Gasteiger partial charge in [0.15, 0.2) is 6.61 Å². The molecule has 0 bridgehead atoms. The van der Waals surface area contributed by atoms with E-state index in [-0.39, 0.29) is 24.9 Å². The first kappa shape index (κ1) is 19.0. The van der Waals surface area contributed by atoms with Crippen molar-refractivity contribution in [2.24, 2.45) is 0 Å². The molecule has 130 valence electrons. The van der Waals surface area contributed by atoms with Crippen LogP contribution in [-0.2, 0) is 4.79 Å². The Labute approximate surface area is 157 Å². The minimum absolute atomic E-state index is 0. The molecule has 1 heterocycles. The van der Waals surface area contributed by atoms with Gasteiger partial charge in [0.1, 0.15) is 5.75 Å². The number of benzene rings is 2. The van der Waals surface area contributed by atoms with Crippen LogP contribution >= 0.6 is 28.3 Å². The maximum Gasteiger partial charge on any atom is 0.260 e. The first-order valence-electron chi connectivity index (χ1n) is 7.92. The number of halogens is 2. The van der Waals surface area contributed by atoms with Crippen molar-refractivity contribution in [2.75, 3.05) is 26.7 Å². The lowest BCUT2D eigenvalue weighted by Crippen LogP contribution is -2.45. The summed E-state index contributed by atoms with van der Waals surface area (Å²) in [5, 5.41) is 5.56. The number of ether oxygens (including phenoxy) is 1. The highest BCUT2D eigenvalue weighted by Gasteiger charge is 2.22. The molecule has 1 amide bonds. The van der Waals surface area contributed by atoms with E-state index in [9.17, 15) is 4.79 Å². The Morgan fingerprint density at radius 3 is 2.62 bits per heavy atom. The van der Waals surface area contributed by atoms with Gasteiger partial charge < -0.3 is 15.0 Å². The summed E-state index contributed by atoms with van der Waals surface area (Å²) in [6, 6.07) is 12.3. The average molecular weight is 414 g/mol. The van der Waals surface area contributed by atoms with Gasteiger partial charge in [0.05, 0.1) is 0 Å². The minimum Gasteiger partial charge on any atom is -0.484 e. The van der Waals surface area contributed by atoms with Crippen LogP contribution in [0.2, 0.25) is 0 Å². The molecule has 1 aliphatic rings. The highest BCUT2D eigenvalue weighted by molar-refractivity contribution is 9.10. The van der Waals surface area contributed by atoms with Crippen LogP contribution in [-0.4, -0.2) is 43.6 Å². The molecular weight excluding hydrogens is 392 g/mol. The van der Waals surface area contributed by atoms with Gasteiger partial charge in [-0.2, -0.15) is 0 Å². The molecule has 0 saturated carbocycles. The Balaban J connectivity index is 0.00000208. The lowest BCUT2D eigenvalue weighted by molar-refractivity contribution is -0.134. The first-order chi connectivity index (χ1) is 11.1. The topological polar surface area (TPSA) is 41.6 Å². The lowest BCUT2D eigenvalue weighted by atomic mass is 10.1. The summed E-state index contributed by atoms with van der Waals surface area (Å²) in [6.07, 6.45) is 2.01. The molecule has 0 atom stereocenters. The maximum absolute atomic E-state index is 12.3. The predicted octanol–water partition coefficient (Wildman–Crippen LogP) is 3.61. The van der Waals surface area contributed by atoms with Gasteiger partial charge in [-0.15, -0.1) is 12.4 Å². The summed E-state index contributed by atoms with van der Waals surface area (Å²) >= 11 is 3.47. The molecule has 0 aliphatic carbocycles. The third-order valence-corrected chi connectivity index (χ3v) is 4.88. The monoisotopic (exact) mass is 412 g/mol. The van der Waals surface area contributed by atoms with E-state index < -0.39 is 0 Å². The molecule has 3 rings (SSSR count). The lowest BCUT2D eigenvalue weighted by Gasteiger charge is -2.31. The van der Waals surface area contributed by atoms with Crippen molar-refractivity contribution in [3.63, 3.8) is 0 Å². The summed E-state index contributed by atoms with van der Waals surface area (Å²) in [6.45, 7) is 2.04. The third-order valence-electron chi connectivity index (χ3n) is 4.39. The van der Waals surface area contributed by atoms with Crippen molar-refractivity contribution in [1.82, 2.24) is 10.2 Å². The van der Waals surface area contributed by atoms with Crippen LogP contribution in [0.3, 0.4) is 0 Å². The third kappa shape index (κ3) is 4.62. The zero-order valence-corrected chi connectivity index (χ0v) is 16.0. The second-order valence-corrected chi connectivity index (χ2v) is 6.84. The first-order valence-corrected chi connectivity index (χ1v) is 8.71. The Hall–Kier alpha value is -1.30. The number of fused-ring (bicyclic) bond motifs is 1. The van der Waals surface area contributed by atoms with E-state index in [1.165, 1.54) is 0 Å². The fourth-order valence-electron chi connectivity index (χ4n) is 2.93. The van der Waals surface area contributed by atoms with Gasteiger partial charge in [-0.1, -0.05) is 28.1 Å². The highest BCUT2D eigenvalue weighted by atomic mass is 79.9. The Kier molecular flexibility index (Phi) is 6.90. The molecule has 0 aromatic heterocycles. The van der Waals surface area contributed by atoms with Crippen molar-refractivity contribution >= 4 is 45.0 Å². The molecule has 4 nitrogen and oxygen atoms in total. The van der Waals surface area contributed by atoms with Gasteiger partial charge >= 0.3 is 0 Å². The second kappa shape index (κ2) is 8.70. The van der Waals surface area contributed by atoms with E-state index in [1.807, 2.05) is 42.3 Å². The molecule has 2 aromatic carbocycles. The van der Waals surface area contributed by atoms with E-state index >= 15 is 0 Å². The zero-order valence-electron chi connectivity index (χ0n) is 13.6. The number of piperidine rings is 1. The van der Waals surface area contributed by atoms with Crippen LogP contribution in [0, 0.1) is 0 Å². The fourth-order valence-corrected chi connectivity index (χ4v) is 3.31. The standard InChI is InChI=1S/C18H21BrN2O2.ClH/c1-21(16-6-8-20-9-7-16)18(22)12-23-17-5-3-13-10-15(19)4-2-14(13)11-17;/h2-5,10-11,16,20H,6-9,12H2,1H3;1H. The van der Waals surface area contributed by atoms with E-state index in [0.29, 0.717) is 6.04 Å². The number of rotatable bonds is 4. The molecule has 0 radical (unpaired) electrons. The number of nitrogens with one attached hydrogen (secondary N) is 1. The van der Waals surface area contributed by atoms with Gasteiger partial charge in [-0.25, -0.2) is 0 Å². The molecular formula is C18H22BrClN2O2.